The van der Waals surface area contributed by atoms with E-state index in [4.69, 9.17) is 4.74 Å². The largest absolute Gasteiger partial charge is 0.372 e. The lowest BCUT2D eigenvalue weighted by atomic mass is 9.94. The lowest BCUT2D eigenvalue weighted by molar-refractivity contribution is -0.132. The number of ether oxygens (including phenoxy) is 1. The second kappa shape index (κ2) is 12.1. The first kappa shape index (κ1) is 30.2. The Morgan fingerprint density at radius 2 is 1.73 bits per heavy atom. The summed E-state index contributed by atoms with van der Waals surface area (Å²) in [7, 11) is 0. The third-order valence-electron chi connectivity index (χ3n) is 8.37. The normalized spacial score (nSPS) is 19.9. The number of halogens is 6. The van der Waals surface area contributed by atoms with Crippen LogP contribution in [0.1, 0.15) is 84.9 Å². The SMILES string of the molecule is C=IC(F)(F)c1cc(CN(C(C)=O)C2CCCN(CC3CCCC3)c3cc4c(cc32)COC4)cc(C(F)(F)I)c1. The fourth-order valence-corrected chi connectivity index (χ4v) is 7.43. The maximum Gasteiger partial charge on any atom is 0.321 e. The Morgan fingerprint density at radius 1 is 1.05 bits per heavy atom. The number of alkyl halides is 6. The molecule has 1 aliphatic carbocycles. The zero-order valence-electron chi connectivity index (χ0n) is 22.5. The first-order valence-corrected chi connectivity index (χ1v) is 17.4. The third kappa shape index (κ3) is 6.53. The first-order valence-electron chi connectivity index (χ1n) is 13.7. The van der Waals surface area contributed by atoms with Crippen molar-refractivity contribution in [2.45, 2.75) is 79.1 Å². The highest BCUT2D eigenvalue weighted by molar-refractivity contribution is 14.2. The van der Waals surface area contributed by atoms with Crippen molar-refractivity contribution in [1.29, 1.82) is 0 Å². The lowest BCUT2D eigenvalue weighted by Gasteiger charge is -2.34. The molecule has 3 aliphatic rings. The van der Waals surface area contributed by atoms with E-state index < -0.39 is 39.7 Å². The van der Waals surface area contributed by atoms with Crippen LogP contribution in [0.15, 0.2) is 30.3 Å². The van der Waals surface area contributed by atoms with Crippen molar-refractivity contribution in [2.24, 2.45) is 5.92 Å². The van der Waals surface area contributed by atoms with Crippen LogP contribution in [-0.2, 0) is 37.1 Å². The number of rotatable bonds is 8. The smallest absolute Gasteiger partial charge is 0.321 e. The van der Waals surface area contributed by atoms with E-state index in [1.54, 1.807) is 4.90 Å². The van der Waals surface area contributed by atoms with E-state index in [-0.39, 0.29) is 24.1 Å². The zero-order valence-corrected chi connectivity index (χ0v) is 26.8. The highest BCUT2D eigenvalue weighted by atomic mass is 127. The van der Waals surface area contributed by atoms with Crippen molar-refractivity contribution in [3.8, 4) is 0 Å². The fourth-order valence-electron chi connectivity index (χ4n) is 6.37. The summed E-state index contributed by atoms with van der Waals surface area (Å²) in [6.07, 6.45) is 6.53. The first-order chi connectivity index (χ1) is 19.0. The van der Waals surface area contributed by atoms with Gasteiger partial charge in [0.15, 0.2) is 0 Å². The molecule has 0 aromatic heterocycles. The number of hydrogen-bond acceptors (Lipinski definition) is 3. The van der Waals surface area contributed by atoms with E-state index in [1.807, 2.05) is 0 Å². The van der Waals surface area contributed by atoms with Crippen molar-refractivity contribution in [3.05, 3.63) is 63.7 Å². The van der Waals surface area contributed by atoms with Crippen LogP contribution in [0, 0.1) is 5.92 Å². The maximum atomic E-state index is 14.7. The molecule has 2 aromatic carbocycles. The van der Waals surface area contributed by atoms with E-state index in [9.17, 15) is 22.4 Å². The molecule has 218 valence electrons. The van der Waals surface area contributed by atoms with Crippen LogP contribution in [0.5, 0.6) is 0 Å². The van der Waals surface area contributed by atoms with Crippen molar-refractivity contribution in [2.75, 3.05) is 18.0 Å². The second-order valence-electron chi connectivity index (χ2n) is 11.1. The van der Waals surface area contributed by atoms with Crippen LogP contribution in [0.3, 0.4) is 0 Å². The average molecular weight is 784 g/mol. The molecule has 2 aliphatic heterocycles. The van der Waals surface area contributed by atoms with Crippen molar-refractivity contribution >= 4 is 59.4 Å². The summed E-state index contributed by atoms with van der Waals surface area (Å²) in [5.41, 5.74) is 3.72. The zero-order chi connectivity index (χ0) is 28.7. The van der Waals surface area contributed by atoms with Gasteiger partial charge in [-0.15, -0.1) is 0 Å². The summed E-state index contributed by atoms with van der Waals surface area (Å²) < 4.78 is 60.8. The van der Waals surface area contributed by atoms with Gasteiger partial charge in [-0.3, -0.25) is 4.79 Å². The number of amides is 1. The standard InChI is InChI=1S/C30H34F4I2N2O2/c1-19(39)38(16-21-10-24(29(31,32)35)14-25(11-21)30(33,34)36-2)27-8-5-9-37(15-20-6-3-4-7-20)28-13-23-18-40-17-22(23)12-26(27)28/h10-14,20,27H,2-9,15-18H2,1H3. The fraction of sp³-hybridized carbons (Fsp3) is 0.533. The molecule has 1 atom stereocenters. The highest BCUT2D eigenvalue weighted by Gasteiger charge is 2.36. The molecule has 1 amide bonds. The van der Waals surface area contributed by atoms with Crippen LogP contribution in [0.4, 0.5) is 23.2 Å². The van der Waals surface area contributed by atoms with Gasteiger partial charge in [0.2, 0.25) is 5.91 Å². The molecule has 10 heteroatoms. The monoisotopic (exact) mass is 784 g/mol. The Balaban J connectivity index is 1.54. The van der Waals surface area contributed by atoms with Gasteiger partial charge in [-0.05, 0) is 105 Å². The molecule has 0 N–H and O–H groups in total. The van der Waals surface area contributed by atoms with Gasteiger partial charge in [-0.2, -0.15) is 17.6 Å². The number of carbonyl (C=O) groups excluding carboxylic acids is 1. The molecule has 2 heterocycles. The third-order valence-corrected chi connectivity index (χ3v) is 10.6. The summed E-state index contributed by atoms with van der Waals surface area (Å²) in [6, 6.07) is 7.45. The highest BCUT2D eigenvalue weighted by Crippen LogP contribution is 2.45. The molecule has 5 rings (SSSR count). The van der Waals surface area contributed by atoms with E-state index >= 15 is 0 Å². The molecule has 2 aromatic rings. The average Bonchev–Trinajstić information content (AvgIpc) is 3.56. The molecular formula is C30H34F4I2N2O2. The summed E-state index contributed by atoms with van der Waals surface area (Å²) >= 11 is -0.841. The molecule has 4 nitrogen and oxygen atoms in total. The van der Waals surface area contributed by atoms with Crippen LogP contribution < -0.4 is 4.90 Å². The predicted molar refractivity (Wildman–Crippen MR) is 167 cm³/mol. The van der Waals surface area contributed by atoms with Gasteiger partial charge in [0.05, 0.1) is 19.3 Å². The Labute approximate surface area is 256 Å². The van der Waals surface area contributed by atoms with Gasteiger partial charge in [-0.1, -0.05) is 17.4 Å². The Hall–Kier alpha value is -1.28. The van der Waals surface area contributed by atoms with Crippen LogP contribution in [-0.4, -0.2) is 28.4 Å². The van der Waals surface area contributed by atoms with E-state index in [1.165, 1.54) is 44.7 Å². The van der Waals surface area contributed by atoms with Gasteiger partial charge in [-0.25, -0.2) is 0 Å². The summed E-state index contributed by atoms with van der Waals surface area (Å²) in [5.74, 6) is 0.424. The van der Waals surface area contributed by atoms with Gasteiger partial charge in [0.1, 0.15) is 0 Å². The van der Waals surface area contributed by atoms with Gasteiger partial charge >= 0.3 is 7.86 Å². The van der Waals surface area contributed by atoms with E-state index in [0.29, 0.717) is 25.6 Å². The molecule has 0 spiro atoms. The van der Waals surface area contributed by atoms with Gasteiger partial charge in [0, 0.05) is 66.0 Å². The minimum Gasteiger partial charge on any atom is -0.372 e. The lowest BCUT2D eigenvalue weighted by Crippen LogP contribution is -2.33. The number of nitrogens with zero attached hydrogens (tertiary/aromatic N) is 2. The number of carbonyl (C=O) groups is 1. The molecule has 0 bridgehead atoms. The molecule has 40 heavy (non-hydrogen) atoms. The van der Waals surface area contributed by atoms with E-state index in [2.05, 4.69) is 21.5 Å². The quantitative estimate of drug-likeness (QED) is 0.153. The number of hydrogen-bond donors (Lipinski definition) is 0. The molecule has 0 saturated heterocycles. The number of fused-ring (bicyclic) bond motifs is 2. The number of anilines is 1. The van der Waals surface area contributed by atoms with Crippen LogP contribution in [0.2, 0.25) is 0 Å². The van der Waals surface area contributed by atoms with Gasteiger partial charge in [0.25, 0.3) is 0 Å². The van der Waals surface area contributed by atoms with Crippen LogP contribution in [0.25, 0.3) is 0 Å². The van der Waals surface area contributed by atoms with Crippen molar-refractivity contribution < 1.29 is 27.1 Å². The maximum absolute atomic E-state index is 14.7. The Bertz CT molecular complexity index is 1280. The summed E-state index contributed by atoms with van der Waals surface area (Å²) in [5, 5.41) is 0. The van der Waals surface area contributed by atoms with E-state index in [0.717, 1.165) is 70.5 Å². The van der Waals surface area contributed by atoms with Crippen molar-refractivity contribution in [3.63, 3.8) is 0 Å². The minimum absolute atomic E-state index is 0.0330. The topological polar surface area (TPSA) is 32.8 Å². The second-order valence-corrected chi connectivity index (χ2v) is 14.6. The Morgan fingerprint density at radius 3 is 2.38 bits per heavy atom. The van der Waals surface area contributed by atoms with Crippen LogP contribution >= 0.6 is 43.3 Å². The number of benzene rings is 2. The molecule has 1 unspecified atom stereocenters. The minimum atomic E-state index is -3.32. The summed E-state index contributed by atoms with van der Waals surface area (Å²) in [6.45, 7) is 4.34. The van der Waals surface area contributed by atoms with Crippen molar-refractivity contribution in [1.82, 2.24) is 4.90 Å². The summed E-state index contributed by atoms with van der Waals surface area (Å²) in [4.78, 5) is 17.3. The Kier molecular flexibility index (Phi) is 9.16. The molecular weight excluding hydrogens is 750 g/mol. The predicted octanol–water partition coefficient (Wildman–Crippen LogP) is 8.53. The van der Waals surface area contributed by atoms with Gasteiger partial charge < -0.3 is 14.5 Å². The molecule has 0 radical (unpaired) electrons. The molecule has 1 saturated carbocycles. The molecule has 1 fully saturated rings.